The first kappa shape index (κ1) is 18.4. The summed E-state index contributed by atoms with van der Waals surface area (Å²) in [5.74, 6) is -0.379. The average molecular weight is 437 g/mol. The van der Waals surface area contributed by atoms with Gasteiger partial charge in [0.05, 0.1) is 17.0 Å². The van der Waals surface area contributed by atoms with Crippen LogP contribution in [0.4, 0.5) is 10.1 Å². The maximum atomic E-state index is 13.7. The van der Waals surface area contributed by atoms with E-state index >= 15 is 0 Å². The van der Waals surface area contributed by atoms with Crippen molar-refractivity contribution < 1.29 is 14.3 Å². The van der Waals surface area contributed by atoms with Crippen molar-refractivity contribution in [2.24, 2.45) is 0 Å². The molecule has 0 atom stereocenters. The van der Waals surface area contributed by atoms with Crippen LogP contribution in [0.1, 0.15) is 5.56 Å². The quantitative estimate of drug-likeness (QED) is 0.523. The standard InChI is InChI=1S/C17H14BrFN4O2S/c1-9-2-4-12(19)13(6-9)20-15(25)8-26-17-21-16(22-23-17)11-7-10(18)3-5-14(11)24/h2-7,24H,8H2,1H3,(H,20,25)(H,21,22,23). The van der Waals surface area contributed by atoms with Gasteiger partial charge in [0.15, 0.2) is 5.82 Å². The number of aromatic hydroxyl groups is 1. The third-order valence-electron chi connectivity index (χ3n) is 3.41. The van der Waals surface area contributed by atoms with E-state index in [0.717, 1.165) is 21.8 Å². The number of anilines is 1. The Labute approximate surface area is 161 Å². The zero-order valence-electron chi connectivity index (χ0n) is 13.6. The Morgan fingerprint density at radius 3 is 2.96 bits per heavy atom. The van der Waals surface area contributed by atoms with Gasteiger partial charge in [-0.15, -0.1) is 5.10 Å². The number of aryl methyl sites for hydroxylation is 1. The Kier molecular flexibility index (Phi) is 5.58. The number of carbonyl (C=O) groups excluding carboxylic acids is 1. The number of thioether (sulfide) groups is 1. The van der Waals surface area contributed by atoms with E-state index in [1.54, 1.807) is 30.3 Å². The van der Waals surface area contributed by atoms with Crippen LogP contribution in [-0.2, 0) is 4.79 Å². The Balaban J connectivity index is 1.64. The highest BCUT2D eigenvalue weighted by atomic mass is 79.9. The zero-order chi connectivity index (χ0) is 18.7. The molecule has 0 aliphatic rings. The number of halogens is 2. The lowest BCUT2D eigenvalue weighted by Crippen LogP contribution is -2.15. The van der Waals surface area contributed by atoms with Gasteiger partial charge in [0, 0.05) is 4.47 Å². The summed E-state index contributed by atoms with van der Waals surface area (Å²) in [5.41, 5.74) is 1.48. The molecule has 0 unspecified atom stereocenters. The minimum absolute atomic E-state index is 0.0230. The number of hydrogen-bond donors (Lipinski definition) is 3. The topological polar surface area (TPSA) is 90.9 Å². The van der Waals surface area contributed by atoms with Crippen molar-refractivity contribution in [2.45, 2.75) is 12.1 Å². The number of hydrogen-bond acceptors (Lipinski definition) is 5. The molecule has 0 saturated heterocycles. The number of aromatic nitrogens is 3. The molecule has 6 nitrogen and oxygen atoms in total. The van der Waals surface area contributed by atoms with E-state index in [4.69, 9.17) is 0 Å². The Morgan fingerprint density at radius 1 is 1.35 bits per heavy atom. The van der Waals surface area contributed by atoms with E-state index in [1.165, 1.54) is 6.07 Å². The van der Waals surface area contributed by atoms with Crippen molar-refractivity contribution >= 4 is 39.3 Å². The molecule has 134 valence electrons. The van der Waals surface area contributed by atoms with Gasteiger partial charge in [-0.25, -0.2) is 9.37 Å². The Bertz CT molecular complexity index is 964. The lowest BCUT2D eigenvalue weighted by Gasteiger charge is -2.06. The molecular weight excluding hydrogens is 423 g/mol. The van der Waals surface area contributed by atoms with Gasteiger partial charge >= 0.3 is 0 Å². The molecule has 0 aliphatic heterocycles. The fourth-order valence-electron chi connectivity index (χ4n) is 2.18. The van der Waals surface area contributed by atoms with Gasteiger partial charge < -0.3 is 10.4 Å². The normalized spacial score (nSPS) is 10.7. The van der Waals surface area contributed by atoms with Crippen molar-refractivity contribution in [3.05, 3.63) is 52.3 Å². The summed E-state index contributed by atoms with van der Waals surface area (Å²) in [6, 6.07) is 9.46. The molecule has 2 aromatic carbocycles. The molecular formula is C17H14BrFN4O2S. The summed E-state index contributed by atoms with van der Waals surface area (Å²) in [7, 11) is 0. The predicted octanol–water partition coefficient (Wildman–Crippen LogP) is 4.12. The van der Waals surface area contributed by atoms with Crippen LogP contribution in [0.5, 0.6) is 5.75 Å². The van der Waals surface area contributed by atoms with Crippen LogP contribution < -0.4 is 5.32 Å². The summed E-state index contributed by atoms with van der Waals surface area (Å²) in [6.45, 7) is 1.82. The molecule has 3 N–H and O–H groups in total. The van der Waals surface area contributed by atoms with Crippen LogP contribution in [0.25, 0.3) is 11.4 Å². The number of aromatic amines is 1. The Hall–Kier alpha value is -2.39. The largest absolute Gasteiger partial charge is 0.507 e. The molecule has 1 amide bonds. The number of amides is 1. The average Bonchev–Trinajstić information content (AvgIpc) is 3.07. The highest BCUT2D eigenvalue weighted by Gasteiger charge is 2.13. The maximum Gasteiger partial charge on any atom is 0.234 e. The zero-order valence-corrected chi connectivity index (χ0v) is 16.0. The van der Waals surface area contributed by atoms with Gasteiger partial charge in [0.25, 0.3) is 0 Å². The first-order chi connectivity index (χ1) is 12.4. The first-order valence-corrected chi connectivity index (χ1v) is 9.30. The number of H-pyrrole nitrogens is 1. The van der Waals surface area contributed by atoms with Crippen molar-refractivity contribution in [3.63, 3.8) is 0 Å². The Morgan fingerprint density at radius 2 is 2.15 bits per heavy atom. The number of carbonyl (C=O) groups is 1. The van der Waals surface area contributed by atoms with Crippen LogP contribution in [0.2, 0.25) is 0 Å². The summed E-state index contributed by atoms with van der Waals surface area (Å²) in [6.07, 6.45) is 0. The molecule has 0 saturated carbocycles. The van der Waals surface area contributed by atoms with Crippen LogP contribution >= 0.6 is 27.7 Å². The van der Waals surface area contributed by atoms with Crippen molar-refractivity contribution in [3.8, 4) is 17.1 Å². The highest BCUT2D eigenvalue weighted by Crippen LogP contribution is 2.30. The van der Waals surface area contributed by atoms with Crippen molar-refractivity contribution in [1.29, 1.82) is 0 Å². The van der Waals surface area contributed by atoms with Gasteiger partial charge in [-0.2, -0.15) is 0 Å². The second kappa shape index (κ2) is 7.88. The molecule has 3 rings (SSSR count). The second-order valence-corrected chi connectivity index (χ2v) is 7.31. The van der Waals surface area contributed by atoms with Crippen LogP contribution in [-0.4, -0.2) is 31.9 Å². The predicted molar refractivity (Wildman–Crippen MR) is 102 cm³/mol. The fraction of sp³-hybridized carbons (Fsp3) is 0.118. The van der Waals surface area contributed by atoms with Crippen molar-refractivity contribution in [2.75, 3.05) is 11.1 Å². The molecule has 26 heavy (non-hydrogen) atoms. The minimum atomic E-state index is -0.487. The molecule has 0 fully saturated rings. The number of phenols is 1. The van der Waals surface area contributed by atoms with Gasteiger partial charge in [0.2, 0.25) is 11.1 Å². The molecule has 1 heterocycles. The lowest BCUT2D eigenvalue weighted by atomic mass is 10.2. The number of nitrogens with one attached hydrogen (secondary N) is 2. The molecule has 0 bridgehead atoms. The van der Waals surface area contributed by atoms with Crippen LogP contribution in [0.3, 0.4) is 0 Å². The van der Waals surface area contributed by atoms with Gasteiger partial charge in [-0.3, -0.25) is 9.89 Å². The number of benzene rings is 2. The van der Waals surface area contributed by atoms with E-state index in [1.807, 2.05) is 6.92 Å². The first-order valence-electron chi connectivity index (χ1n) is 7.52. The fourth-order valence-corrected chi connectivity index (χ4v) is 3.14. The molecule has 1 aromatic heterocycles. The monoisotopic (exact) mass is 436 g/mol. The van der Waals surface area contributed by atoms with Gasteiger partial charge in [0.1, 0.15) is 11.6 Å². The van der Waals surface area contributed by atoms with Crippen LogP contribution in [0.15, 0.2) is 46.0 Å². The highest BCUT2D eigenvalue weighted by molar-refractivity contribution is 9.10. The van der Waals surface area contributed by atoms with Crippen LogP contribution in [0, 0.1) is 12.7 Å². The van der Waals surface area contributed by atoms with Gasteiger partial charge in [-0.1, -0.05) is 33.8 Å². The number of nitrogens with zero attached hydrogens (tertiary/aromatic N) is 2. The van der Waals surface area contributed by atoms with E-state index < -0.39 is 5.82 Å². The lowest BCUT2D eigenvalue weighted by molar-refractivity contribution is -0.113. The summed E-state index contributed by atoms with van der Waals surface area (Å²) in [5, 5.41) is 19.5. The molecule has 3 aromatic rings. The number of phenolic OH excluding ortho intramolecular Hbond substituents is 1. The summed E-state index contributed by atoms with van der Waals surface area (Å²) < 4.78 is 14.5. The molecule has 0 radical (unpaired) electrons. The van der Waals surface area contributed by atoms with E-state index in [9.17, 15) is 14.3 Å². The summed E-state index contributed by atoms with van der Waals surface area (Å²) in [4.78, 5) is 16.3. The minimum Gasteiger partial charge on any atom is -0.507 e. The van der Waals surface area contributed by atoms with E-state index in [0.29, 0.717) is 16.5 Å². The third kappa shape index (κ3) is 4.41. The molecule has 9 heteroatoms. The maximum absolute atomic E-state index is 13.7. The second-order valence-electron chi connectivity index (χ2n) is 5.45. The molecule has 0 spiro atoms. The smallest absolute Gasteiger partial charge is 0.234 e. The van der Waals surface area contributed by atoms with Crippen molar-refractivity contribution in [1.82, 2.24) is 15.2 Å². The molecule has 0 aliphatic carbocycles. The van der Waals surface area contributed by atoms with E-state index in [2.05, 4.69) is 36.4 Å². The third-order valence-corrected chi connectivity index (χ3v) is 4.75. The van der Waals surface area contributed by atoms with E-state index in [-0.39, 0.29) is 23.1 Å². The van der Waals surface area contributed by atoms with Gasteiger partial charge in [-0.05, 0) is 42.8 Å². The summed E-state index contributed by atoms with van der Waals surface area (Å²) >= 11 is 4.43. The SMILES string of the molecule is Cc1ccc(F)c(NC(=O)CSc2n[nH]c(-c3cc(Br)ccc3O)n2)c1. The number of rotatable bonds is 5.